The number of likely N-dealkylation sites (N-methyl/N-ethyl adjacent to an activating group) is 1. The molecule has 0 radical (unpaired) electrons. The standard InChI is InChI=1S/C17H30N2O3/c1-18(2)17(20)12-21-8-7-13-11-22-16-10-19(9-15(13)16)14-5-3-4-6-14/h13-16H,3-12H2,1-2H3/t13-,15-,16-/m1/s1. The fraction of sp³-hybridized carbons (Fsp3) is 0.941. The van der Waals surface area contributed by atoms with E-state index in [2.05, 4.69) is 4.90 Å². The van der Waals surface area contributed by atoms with Crippen molar-refractivity contribution in [2.45, 2.75) is 44.2 Å². The lowest BCUT2D eigenvalue weighted by Gasteiger charge is -2.25. The molecule has 126 valence electrons. The first kappa shape index (κ1) is 16.2. The maximum atomic E-state index is 11.5. The Bertz CT molecular complexity index is 382. The van der Waals surface area contributed by atoms with Gasteiger partial charge in [0, 0.05) is 45.8 Å². The molecule has 3 aliphatic rings. The summed E-state index contributed by atoms with van der Waals surface area (Å²) in [5, 5.41) is 0. The summed E-state index contributed by atoms with van der Waals surface area (Å²) in [6.07, 6.45) is 7.00. The van der Waals surface area contributed by atoms with Crippen LogP contribution < -0.4 is 0 Å². The first-order valence-electron chi connectivity index (χ1n) is 8.78. The average Bonchev–Trinajstić information content (AvgIpc) is 3.19. The molecule has 22 heavy (non-hydrogen) atoms. The molecule has 0 aromatic carbocycles. The molecule has 5 heteroatoms. The highest BCUT2D eigenvalue weighted by molar-refractivity contribution is 5.76. The van der Waals surface area contributed by atoms with Crippen LogP contribution >= 0.6 is 0 Å². The number of ether oxygens (including phenoxy) is 2. The summed E-state index contributed by atoms with van der Waals surface area (Å²) in [4.78, 5) is 15.7. The Morgan fingerprint density at radius 3 is 2.77 bits per heavy atom. The molecular weight excluding hydrogens is 280 g/mol. The summed E-state index contributed by atoms with van der Waals surface area (Å²) < 4.78 is 11.6. The number of fused-ring (bicyclic) bond motifs is 1. The van der Waals surface area contributed by atoms with Gasteiger partial charge in [-0.3, -0.25) is 9.69 Å². The first-order chi connectivity index (χ1) is 10.6. The van der Waals surface area contributed by atoms with Gasteiger partial charge in [0.2, 0.25) is 5.91 Å². The molecule has 1 saturated carbocycles. The highest BCUT2D eigenvalue weighted by Gasteiger charge is 2.45. The Hall–Kier alpha value is -0.650. The highest BCUT2D eigenvalue weighted by Crippen LogP contribution is 2.38. The monoisotopic (exact) mass is 310 g/mol. The van der Waals surface area contributed by atoms with Crippen molar-refractivity contribution in [3.05, 3.63) is 0 Å². The molecule has 2 aliphatic heterocycles. The Morgan fingerprint density at radius 2 is 2.05 bits per heavy atom. The van der Waals surface area contributed by atoms with E-state index in [1.54, 1.807) is 19.0 Å². The number of hydrogen-bond donors (Lipinski definition) is 0. The average molecular weight is 310 g/mol. The van der Waals surface area contributed by atoms with Crippen molar-refractivity contribution in [1.82, 2.24) is 9.80 Å². The molecule has 0 bridgehead atoms. The maximum absolute atomic E-state index is 11.5. The van der Waals surface area contributed by atoms with E-state index in [9.17, 15) is 4.79 Å². The van der Waals surface area contributed by atoms with Gasteiger partial charge in [-0.25, -0.2) is 0 Å². The molecule has 0 unspecified atom stereocenters. The molecule has 1 aliphatic carbocycles. The van der Waals surface area contributed by atoms with Crippen LogP contribution in [0.4, 0.5) is 0 Å². The van der Waals surface area contributed by atoms with E-state index in [-0.39, 0.29) is 12.5 Å². The second kappa shape index (κ2) is 7.28. The van der Waals surface area contributed by atoms with Crippen LogP contribution in [0, 0.1) is 11.8 Å². The fourth-order valence-electron chi connectivity index (χ4n) is 4.22. The van der Waals surface area contributed by atoms with E-state index in [0.717, 1.165) is 25.6 Å². The minimum absolute atomic E-state index is 0.0359. The van der Waals surface area contributed by atoms with Gasteiger partial charge < -0.3 is 14.4 Å². The molecule has 3 fully saturated rings. The number of amides is 1. The number of hydrogen-bond acceptors (Lipinski definition) is 4. The smallest absolute Gasteiger partial charge is 0.248 e. The van der Waals surface area contributed by atoms with Crippen LogP contribution in [-0.2, 0) is 14.3 Å². The fourth-order valence-corrected chi connectivity index (χ4v) is 4.22. The van der Waals surface area contributed by atoms with Crippen molar-refractivity contribution in [2.75, 3.05) is 47.0 Å². The predicted molar refractivity (Wildman–Crippen MR) is 84.7 cm³/mol. The Morgan fingerprint density at radius 1 is 1.27 bits per heavy atom. The molecule has 0 aromatic rings. The van der Waals surface area contributed by atoms with Crippen molar-refractivity contribution in [2.24, 2.45) is 11.8 Å². The normalized spacial score (nSPS) is 32.5. The van der Waals surface area contributed by atoms with E-state index in [1.165, 1.54) is 32.2 Å². The molecule has 0 N–H and O–H groups in total. The second-order valence-corrected chi connectivity index (χ2v) is 7.32. The molecule has 3 rings (SSSR count). The van der Waals surface area contributed by atoms with Crippen LogP contribution in [0.2, 0.25) is 0 Å². The molecule has 0 spiro atoms. The Balaban J connectivity index is 1.39. The summed E-state index contributed by atoms with van der Waals surface area (Å²) >= 11 is 0. The van der Waals surface area contributed by atoms with Crippen molar-refractivity contribution >= 4 is 5.91 Å². The molecule has 2 heterocycles. The predicted octanol–water partition coefficient (Wildman–Crippen LogP) is 1.37. The minimum Gasteiger partial charge on any atom is -0.376 e. The van der Waals surface area contributed by atoms with Crippen LogP contribution in [0.1, 0.15) is 32.1 Å². The molecule has 1 amide bonds. The molecule has 3 atom stereocenters. The highest BCUT2D eigenvalue weighted by atomic mass is 16.5. The minimum atomic E-state index is 0.0359. The van der Waals surface area contributed by atoms with Crippen LogP contribution in [-0.4, -0.2) is 74.9 Å². The van der Waals surface area contributed by atoms with Crippen LogP contribution in [0.15, 0.2) is 0 Å². The first-order valence-corrected chi connectivity index (χ1v) is 8.78. The van der Waals surface area contributed by atoms with E-state index in [0.29, 0.717) is 24.5 Å². The number of nitrogens with zero attached hydrogens (tertiary/aromatic N) is 2. The zero-order chi connectivity index (χ0) is 15.5. The SMILES string of the molecule is CN(C)C(=O)COCC[C@@H]1CO[C@@H]2CN(C3CCCC3)C[C@H]12. The van der Waals surface area contributed by atoms with Crippen LogP contribution in [0.5, 0.6) is 0 Å². The third kappa shape index (κ3) is 3.63. The van der Waals surface area contributed by atoms with Crippen molar-refractivity contribution in [3.8, 4) is 0 Å². The summed E-state index contributed by atoms with van der Waals surface area (Å²) in [7, 11) is 3.52. The van der Waals surface area contributed by atoms with E-state index >= 15 is 0 Å². The van der Waals surface area contributed by atoms with Gasteiger partial charge in [-0.2, -0.15) is 0 Å². The third-order valence-electron chi connectivity index (χ3n) is 5.67. The van der Waals surface area contributed by atoms with Gasteiger partial charge in [-0.1, -0.05) is 12.8 Å². The number of likely N-dealkylation sites (tertiary alicyclic amines) is 1. The van der Waals surface area contributed by atoms with Gasteiger partial charge in [0.05, 0.1) is 12.7 Å². The lowest BCUT2D eigenvalue weighted by atomic mass is 9.91. The largest absolute Gasteiger partial charge is 0.376 e. The van der Waals surface area contributed by atoms with Gasteiger partial charge in [0.15, 0.2) is 0 Å². The molecular formula is C17H30N2O3. The zero-order valence-corrected chi connectivity index (χ0v) is 14.0. The van der Waals surface area contributed by atoms with Crippen molar-refractivity contribution in [1.29, 1.82) is 0 Å². The number of carbonyl (C=O) groups excluding carboxylic acids is 1. The summed E-state index contributed by atoms with van der Waals surface area (Å²) in [6, 6.07) is 0.809. The Labute approximate surface area is 133 Å². The van der Waals surface area contributed by atoms with Crippen molar-refractivity contribution in [3.63, 3.8) is 0 Å². The molecule has 2 saturated heterocycles. The number of rotatable bonds is 6. The van der Waals surface area contributed by atoms with Gasteiger partial charge in [0.25, 0.3) is 0 Å². The summed E-state index contributed by atoms with van der Waals surface area (Å²) in [5.41, 5.74) is 0. The Kier molecular flexibility index (Phi) is 5.37. The second-order valence-electron chi connectivity index (χ2n) is 7.32. The van der Waals surface area contributed by atoms with Gasteiger partial charge in [-0.15, -0.1) is 0 Å². The number of carbonyl (C=O) groups is 1. The zero-order valence-electron chi connectivity index (χ0n) is 14.0. The summed E-state index contributed by atoms with van der Waals surface area (Å²) in [5.74, 6) is 1.31. The maximum Gasteiger partial charge on any atom is 0.248 e. The lowest BCUT2D eigenvalue weighted by Crippen LogP contribution is -2.33. The van der Waals surface area contributed by atoms with Crippen LogP contribution in [0.3, 0.4) is 0 Å². The van der Waals surface area contributed by atoms with E-state index in [1.807, 2.05) is 0 Å². The van der Waals surface area contributed by atoms with Gasteiger partial charge in [0.1, 0.15) is 6.61 Å². The van der Waals surface area contributed by atoms with Crippen LogP contribution in [0.25, 0.3) is 0 Å². The third-order valence-corrected chi connectivity index (χ3v) is 5.67. The van der Waals surface area contributed by atoms with E-state index < -0.39 is 0 Å². The van der Waals surface area contributed by atoms with Crippen molar-refractivity contribution < 1.29 is 14.3 Å². The lowest BCUT2D eigenvalue weighted by molar-refractivity contribution is -0.133. The quantitative estimate of drug-likeness (QED) is 0.695. The molecule has 5 nitrogen and oxygen atoms in total. The van der Waals surface area contributed by atoms with E-state index in [4.69, 9.17) is 9.47 Å². The summed E-state index contributed by atoms with van der Waals surface area (Å²) in [6.45, 7) is 4.07. The molecule has 0 aromatic heterocycles. The van der Waals surface area contributed by atoms with Gasteiger partial charge in [-0.05, 0) is 25.2 Å². The van der Waals surface area contributed by atoms with Gasteiger partial charge >= 0.3 is 0 Å². The topological polar surface area (TPSA) is 42.0 Å².